The topological polar surface area (TPSA) is 98.5 Å². The van der Waals surface area contributed by atoms with Gasteiger partial charge in [-0.3, -0.25) is 4.79 Å². The number of halogens is 2. The number of alkyl halides is 2. The van der Waals surface area contributed by atoms with E-state index in [1.165, 1.54) is 4.72 Å². The highest BCUT2D eigenvalue weighted by molar-refractivity contribution is 7.89. The van der Waals surface area contributed by atoms with Gasteiger partial charge in [0, 0.05) is 24.5 Å². The minimum atomic E-state index is -4.35. The second kappa shape index (κ2) is 6.68. The van der Waals surface area contributed by atoms with Gasteiger partial charge in [-0.1, -0.05) is 17.3 Å². The number of fused-ring (bicyclic) bond motifs is 1. The van der Waals surface area contributed by atoms with E-state index in [1.807, 2.05) is 0 Å². The van der Waals surface area contributed by atoms with Gasteiger partial charge >= 0.3 is 11.8 Å². The molecular weight excluding hydrogens is 358 g/mol. The lowest BCUT2D eigenvalue weighted by Crippen LogP contribution is -2.49. The van der Waals surface area contributed by atoms with Gasteiger partial charge in [0.1, 0.15) is 11.4 Å². The zero-order valence-corrected chi connectivity index (χ0v) is 13.9. The lowest BCUT2D eigenvalue weighted by atomic mass is 9.92. The van der Waals surface area contributed by atoms with Crippen LogP contribution in [0.2, 0.25) is 0 Å². The third-order valence-corrected chi connectivity index (χ3v) is 5.21. The van der Waals surface area contributed by atoms with Gasteiger partial charge in [0.25, 0.3) is 0 Å². The molecule has 10 heteroatoms. The summed E-state index contributed by atoms with van der Waals surface area (Å²) in [7, 11) is -4.35. The fraction of sp³-hybridized carbons (Fsp3) is 0.467. The highest BCUT2D eigenvalue weighted by Crippen LogP contribution is 2.33. The number of carbonyl (C=O) groups is 1. The number of nitrogens with one attached hydrogen (secondary N) is 1. The quantitative estimate of drug-likeness (QED) is 0.857. The SMILES string of the molecule is O=C(NS(=O)(=O)Cc1noc2ccccc12)C(F)(F)C1CCOCC1. The Bertz CT molecular complexity index is 875. The molecule has 1 fully saturated rings. The van der Waals surface area contributed by atoms with Crippen LogP contribution in [0.3, 0.4) is 0 Å². The van der Waals surface area contributed by atoms with E-state index in [0.29, 0.717) is 11.0 Å². The van der Waals surface area contributed by atoms with Crippen molar-refractivity contribution in [1.82, 2.24) is 9.88 Å². The van der Waals surface area contributed by atoms with Crippen molar-refractivity contribution >= 4 is 26.9 Å². The van der Waals surface area contributed by atoms with E-state index < -0.39 is 33.5 Å². The molecule has 25 heavy (non-hydrogen) atoms. The lowest BCUT2D eigenvalue weighted by molar-refractivity contribution is -0.157. The Kier molecular flexibility index (Phi) is 4.74. The predicted octanol–water partition coefficient (Wildman–Crippen LogP) is 1.84. The van der Waals surface area contributed by atoms with Crippen LogP contribution in [-0.4, -0.2) is 38.6 Å². The molecule has 136 valence electrons. The van der Waals surface area contributed by atoms with Crippen molar-refractivity contribution < 1.29 is 31.3 Å². The van der Waals surface area contributed by atoms with Gasteiger partial charge in [-0.05, 0) is 25.0 Å². The number of sulfonamides is 1. The lowest BCUT2D eigenvalue weighted by Gasteiger charge is -2.28. The summed E-state index contributed by atoms with van der Waals surface area (Å²) in [6.07, 6.45) is -0.0111. The molecule has 3 rings (SSSR count). The largest absolute Gasteiger partial charge is 0.381 e. The zero-order valence-electron chi connectivity index (χ0n) is 13.1. The minimum Gasteiger partial charge on any atom is -0.381 e. The summed E-state index contributed by atoms with van der Waals surface area (Å²) < 4.78 is 64.0. The number of ether oxygens (including phenoxy) is 1. The van der Waals surface area contributed by atoms with Crippen molar-refractivity contribution in [2.45, 2.75) is 24.5 Å². The summed E-state index contributed by atoms with van der Waals surface area (Å²) in [5.74, 6) is -7.60. The molecule has 0 spiro atoms. The van der Waals surface area contributed by atoms with E-state index in [4.69, 9.17) is 9.26 Å². The Labute approximate surface area is 142 Å². The minimum absolute atomic E-state index is 0.00556. The number of hydrogen-bond donors (Lipinski definition) is 1. The first-order valence-corrected chi connectivity index (χ1v) is 9.28. The molecule has 1 N–H and O–H groups in total. The van der Waals surface area contributed by atoms with Crippen LogP contribution in [-0.2, 0) is 25.3 Å². The number of hydrogen-bond acceptors (Lipinski definition) is 6. The molecule has 0 saturated carbocycles. The van der Waals surface area contributed by atoms with E-state index in [1.54, 1.807) is 24.3 Å². The van der Waals surface area contributed by atoms with E-state index in [-0.39, 0.29) is 31.7 Å². The average Bonchev–Trinajstić information content (AvgIpc) is 2.97. The summed E-state index contributed by atoms with van der Waals surface area (Å²) in [6.45, 7) is 0.233. The summed E-state index contributed by atoms with van der Waals surface area (Å²) in [6, 6.07) is 6.53. The van der Waals surface area contributed by atoms with Crippen molar-refractivity contribution in [3.63, 3.8) is 0 Å². The molecule has 0 aliphatic carbocycles. The second-order valence-electron chi connectivity index (χ2n) is 5.83. The fourth-order valence-electron chi connectivity index (χ4n) is 2.71. The molecule has 0 atom stereocenters. The van der Waals surface area contributed by atoms with Gasteiger partial charge < -0.3 is 9.26 Å². The van der Waals surface area contributed by atoms with Gasteiger partial charge in [0.15, 0.2) is 5.58 Å². The van der Waals surface area contributed by atoms with E-state index in [2.05, 4.69) is 5.16 Å². The molecule has 1 aliphatic heterocycles. The molecule has 2 heterocycles. The summed E-state index contributed by atoms with van der Waals surface area (Å²) >= 11 is 0. The van der Waals surface area contributed by atoms with Crippen LogP contribution in [0.5, 0.6) is 0 Å². The number of benzene rings is 1. The predicted molar refractivity (Wildman–Crippen MR) is 83.3 cm³/mol. The Balaban J connectivity index is 1.73. The number of para-hydroxylation sites is 1. The number of rotatable bonds is 5. The van der Waals surface area contributed by atoms with E-state index in [9.17, 15) is 22.0 Å². The van der Waals surface area contributed by atoms with Crippen LogP contribution < -0.4 is 4.72 Å². The number of carbonyl (C=O) groups excluding carboxylic acids is 1. The van der Waals surface area contributed by atoms with Crippen LogP contribution in [0.1, 0.15) is 18.5 Å². The van der Waals surface area contributed by atoms with Crippen LogP contribution in [0.15, 0.2) is 28.8 Å². The fourth-order valence-corrected chi connectivity index (χ4v) is 3.77. The van der Waals surface area contributed by atoms with Crippen molar-refractivity contribution in [1.29, 1.82) is 0 Å². The number of amides is 1. The van der Waals surface area contributed by atoms with E-state index >= 15 is 0 Å². The van der Waals surface area contributed by atoms with Crippen LogP contribution in [0.4, 0.5) is 8.78 Å². The Morgan fingerprint density at radius 1 is 1.28 bits per heavy atom. The molecule has 0 radical (unpaired) electrons. The first kappa shape index (κ1) is 17.7. The van der Waals surface area contributed by atoms with Crippen molar-refractivity contribution in [3.8, 4) is 0 Å². The number of nitrogens with zero attached hydrogens (tertiary/aromatic N) is 1. The first-order chi connectivity index (χ1) is 11.8. The molecule has 0 bridgehead atoms. The molecule has 1 aromatic carbocycles. The van der Waals surface area contributed by atoms with Crippen LogP contribution >= 0.6 is 0 Å². The summed E-state index contributed by atoms with van der Waals surface area (Å²) in [5.41, 5.74) is 0.414. The Morgan fingerprint density at radius 2 is 1.96 bits per heavy atom. The maximum Gasteiger partial charge on any atom is 0.328 e. The standard InChI is InChI=1S/C15H16F2N2O5S/c16-15(17,10-5-7-23-8-6-10)14(20)19-25(21,22)9-12-11-3-1-2-4-13(11)24-18-12/h1-4,10H,5-9H2,(H,19,20). The number of aromatic nitrogens is 1. The summed E-state index contributed by atoms with van der Waals surface area (Å²) in [5, 5.41) is 4.07. The molecule has 7 nitrogen and oxygen atoms in total. The zero-order chi connectivity index (χ0) is 18.1. The van der Waals surface area contributed by atoms with Crippen molar-refractivity contribution in [3.05, 3.63) is 30.0 Å². The Hall–Kier alpha value is -2.07. The smallest absolute Gasteiger partial charge is 0.328 e. The van der Waals surface area contributed by atoms with Gasteiger partial charge in [-0.2, -0.15) is 8.78 Å². The second-order valence-corrected chi connectivity index (χ2v) is 7.55. The highest BCUT2D eigenvalue weighted by atomic mass is 32.2. The molecule has 1 aliphatic rings. The van der Waals surface area contributed by atoms with Gasteiger partial charge in [-0.15, -0.1) is 0 Å². The van der Waals surface area contributed by atoms with Crippen LogP contribution in [0.25, 0.3) is 11.0 Å². The molecule has 0 unspecified atom stereocenters. The molecular formula is C15H16F2N2O5S. The highest BCUT2D eigenvalue weighted by Gasteiger charge is 2.48. The van der Waals surface area contributed by atoms with Crippen molar-refractivity contribution in [2.75, 3.05) is 13.2 Å². The maximum absolute atomic E-state index is 14.2. The summed E-state index contributed by atoms with van der Waals surface area (Å²) in [4.78, 5) is 11.8. The average molecular weight is 374 g/mol. The third-order valence-electron chi connectivity index (χ3n) is 4.06. The maximum atomic E-state index is 14.2. The molecule has 1 saturated heterocycles. The van der Waals surface area contributed by atoms with E-state index in [0.717, 1.165) is 0 Å². The van der Waals surface area contributed by atoms with Gasteiger partial charge in [0.05, 0.1) is 0 Å². The monoisotopic (exact) mass is 374 g/mol. The van der Waals surface area contributed by atoms with Crippen molar-refractivity contribution in [2.24, 2.45) is 5.92 Å². The Morgan fingerprint density at radius 3 is 2.68 bits per heavy atom. The van der Waals surface area contributed by atoms with Gasteiger partial charge in [0.2, 0.25) is 10.0 Å². The molecule has 1 aromatic heterocycles. The molecule has 1 amide bonds. The molecule has 2 aromatic rings. The first-order valence-electron chi connectivity index (χ1n) is 7.63. The normalized spacial score (nSPS) is 16.9. The third kappa shape index (κ3) is 3.79. The van der Waals surface area contributed by atoms with Gasteiger partial charge in [-0.25, -0.2) is 13.1 Å². The van der Waals surface area contributed by atoms with Crippen LogP contribution in [0, 0.1) is 5.92 Å².